The Morgan fingerprint density at radius 3 is 2.65 bits per heavy atom. The van der Waals surface area contributed by atoms with Crippen molar-refractivity contribution in [1.82, 2.24) is 10.6 Å². The molecule has 4 nitrogen and oxygen atoms in total. The summed E-state index contributed by atoms with van der Waals surface area (Å²) in [5.74, 6) is 1.44. The summed E-state index contributed by atoms with van der Waals surface area (Å²) in [6.07, 6.45) is 7.88. The molecule has 126 valence electrons. The number of nitrogens with one attached hydrogen (secondary N) is 2. The van der Waals surface area contributed by atoms with Crippen molar-refractivity contribution in [1.29, 1.82) is 0 Å². The van der Waals surface area contributed by atoms with Gasteiger partial charge in [0, 0.05) is 32.2 Å². The van der Waals surface area contributed by atoms with E-state index in [4.69, 9.17) is 4.74 Å². The van der Waals surface area contributed by atoms with Gasteiger partial charge < -0.3 is 15.4 Å². The minimum Gasteiger partial charge on any atom is -0.373 e. The zero-order valence-electron chi connectivity index (χ0n) is 14.1. The SMILES string of the molecule is CN=C(NCC1CCOC1c1ccccc1)NC1CCCCC1. The van der Waals surface area contributed by atoms with E-state index in [-0.39, 0.29) is 6.10 Å². The third-order valence-electron chi connectivity index (χ3n) is 5.04. The van der Waals surface area contributed by atoms with Gasteiger partial charge in [0.05, 0.1) is 6.10 Å². The van der Waals surface area contributed by atoms with Crippen molar-refractivity contribution in [2.75, 3.05) is 20.2 Å². The Hall–Kier alpha value is -1.55. The summed E-state index contributed by atoms with van der Waals surface area (Å²) in [6, 6.07) is 11.1. The van der Waals surface area contributed by atoms with Crippen LogP contribution in [0.5, 0.6) is 0 Å². The Morgan fingerprint density at radius 2 is 1.91 bits per heavy atom. The van der Waals surface area contributed by atoms with Gasteiger partial charge in [0.1, 0.15) is 0 Å². The van der Waals surface area contributed by atoms with Crippen LogP contribution in [0.15, 0.2) is 35.3 Å². The summed E-state index contributed by atoms with van der Waals surface area (Å²) in [7, 11) is 1.86. The van der Waals surface area contributed by atoms with E-state index in [9.17, 15) is 0 Å². The first kappa shape index (κ1) is 16.3. The minimum absolute atomic E-state index is 0.205. The molecule has 1 saturated heterocycles. The van der Waals surface area contributed by atoms with Crippen LogP contribution >= 0.6 is 0 Å². The molecule has 2 fully saturated rings. The lowest BCUT2D eigenvalue weighted by Crippen LogP contribution is -2.45. The number of hydrogen-bond donors (Lipinski definition) is 2. The normalized spacial score (nSPS) is 26.2. The number of ether oxygens (including phenoxy) is 1. The summed E-state index contributed by atoms with van der Waals surface area (Å²) in [5.41, 5.74) is 1.28. The molecule has 1 saturated carbocycles. The van der Waals surface area contributed by atoms with Gasteiger partial charge in [-0.2, -0.15) is 0 Å². The van der Waals surface area contributed by atoms with Crippen molar-refractivity contribution in [2.45, 2.75) is 50.7 Å². The van der Waals surface area contributed by atoms with Crippen molar-refractivity contribution in [2.24, 2.45) is 10.9 Å². The van der Waals surface area contributed by atoms with Crippen LogP contribution in [0.25, 0.3) is 0 Å². The number of guanidine groups is 1. The highest BCUT2D eigenvalue weighted by Crippen LogP contribution is 2.33. The zero-order chi connectivity index (χ0) is 15.9. The van der Waals surface area contributed by atoms with Gasteiger partial charge in [0.15, 0.2) is 5.96 Å². The highest BCUT2D eigenvalue weighted by molar-refractivity contribution is 5.79. The van der Waals surface area contributed by atoms with Crippen LogP contribution in [-0.4, -0.2) is 32.2 Å². The maximum atomic E-state index is 5.97. The highest BCUT2D eigenvalue weighted by atomic mass is 16.5. The second-order valence-electron chi connectivity index (χ2n) is 6.68. The summed E-state index contributed by atoms with van der Waals surface area (Å²) in [6.45, 7) is 1.76. The molecule has 2 atom stereocenters. The summed E-state index contributed by atoms with van der Waals surface area (Å²) in [4.78, 5) is 4.39. The molecule has 4 heteroatoms. The van der Waals surface area contributed by atoms with Gasteiger partial charge in [-0.1, -0.05) is 49.6 Å². The Kier molecular flexibility index (Phi) is 5.92. The fraction of sp³-hybridized carbons (Fsp3) is 0.632. The Labute approximate surface area is 139 Å². The van der Waals surface area contributed by atoms with Gasteiger partial charge in [-0.25, -0.2) is 0 Å². The predicted octanol–water partition coefficient (Wildman–Crippen LogP) is 3.26. The maximum absolute atomic E-state index is 5.97. The second-order valence-corrected chi connectivity index (χ2v) is 6.68. The summed E-state index contributed by atoms with van der Waals surface area (Å²) in [5, 5.41) is 7.10. The van der Waals surface area contributed by atoms with E-state index in [2.05, 4.69) is 46.0 Å². The number of rotatable bonds is 4. The fourth-order valence-corrected chi connectivity index (χ4v) is 3.72. The molecule has 1 aromatic carbocycles. The first-order valence-electron chi connectivity index (χ1n) is 9.00. The molecule has 0 bridgehead atoms. The van der Waals surface area contributed by atoms with E-state index in [1.807, 2.05) is 7.05 Å². The van der Waals surface area contributed by atoms with E-state index in [0.717, 1.165) is 25.5 Å². The van der Waals surface area contributed by atoms with Crippen molar-refractivity contribution < 1.29 is 4.74 Å². The van der Waals surface area contributed by atoms with Gasteiger partial charge in [-0.3, -0.25) is 4.99 Å². The zero-order valence-corrected chi connectivity index (χ0v) is 14.1. The van der Waals surface area contributed by atoms with Gasteiger partial charge in [-0.05, 0) is 24.8 Å². The first-order valence-corrected chi connectivity index (χ1v) is 9.00. The molecule has 0 amide bonds. The standard InChI is InChI=1S/C19H29N3O/c1-20-19(22-17-10-6-3-7-11-17)21-14-16-12-13-23-18(16)15-8-4-2-5-9-15/h2,4-5,8-9,16-18H,3,6-7,10-14H2,1H3,(H2,20,21,22). The monoisotopic (exact) mass is 315 g/mol. The summed E-state index contributed by atoms with van der Waals surface area (Å²) < 4.78 is 5.97. The molecule has 0 spiro atoms. The van der Waals surface area contributed by atoms with Crippen LogP contribution in [0.4, 0.5) is 0 Å². The van der Waals surface area contributed by atoms with Crippen molar-refractivity contribution in [3.05, 3.63) is 35.9 Å². The van der Waals surface area contributed by atoms with Crippen LogP contribution < -0.4 is 10.6 Å². The molecule has 2 aliphatic rings. The molecule has 2 unspecified atom stereocenters. The van der Waals surface area contributed by atoms with E-state index in [1.54, 1.807) is 0 Å². The molecule has 1 aliphatic carbocycles. The van der Waals surface area contributed by atoms with Crippen molar-refractivity contribution in [3.63, 3.8) is 0 Å². The third-order valence-corrected chi connectivity index (χ3v) is 5.04. The van der Waals surface area contributed by atoms with E-state index in [0.29, 0.717) is 12.0 Å². The van der Waals surface area contributed by atoms with E-state index in [1.165, 1.54) is 37.7 Å². The molecule has 1 aliphatic heterocycles. The number of hydrogen-bond acceptors (Lipinski definition) is 2. The number of aliphatic imine (C=N–C) groups is 1. The van der Waals surface area contributed by atoms with Crippen LogP contribution in [0, 0.1) is 5.92 Å². The van der Waals surface area contributed by atoms with Gasteiger partial charge in [0.2, 0.25) is 0 Å². The fourth-order valence-electron chi connectivity index (χ4n) is 3.72. The Morgan fingerprint density at radius 1 is 1.13 bits per heavy atom. The lowest BCUT2D eigenvalue weighted by atomic mass is 9.95. The lowest BCUT2D eigenvalue weighted by Gasteiger charge is -2.26. The van der Waals surface area contributed by atoms with Crippen LogP contribution in [0.2, 0.25) is 0 Å². The molecular formula is C19H29N3O. The molecule has 0 radical (unpaired) electrons. The molecular weight excluding hydrogens is 286 g/mol. The highest BCUT2D eigenvalue weighted by Gasteiger charge is 2.29. The Bertz CT molecular complexity index is 497. The molecule has 1 aromatic rings. The number of benzene rings is 1. The quantitative estimate of drug-likeness (QED) is 0.662. The van der Waals surface area contributed by atoms with Crippen LogP contribution in [-0.2, 0) is 4.74 Å². The molecule has 2 N–H and O–H groups in total. The molecule has 23 heavy (non-hydrogen) atoms. The lowest BCUT2D eigenvalue weighted by molar-refractivity contribution is 0.0915. The average molecular weight is 315 g/mol. The predicted molar refractivity (Wildman–Crippen MR) is 94.6 cm³/mol. The third kappa shape index (κ3) is 4.47. The van der Waals surface area contributed by atoms with Crippen LogP contribution in [0.3, 0.4) is 0 Å². The van der Waals surface area contributed by atoms with Gasteiger partial charge in [-0.15, -0.1) is 0 Å². The van der Waals surface area contributed by atoms with Gasteiger partial charge in [0.25, 0.3) is 0 Å². The van der Waals surface area contributed by atoms with Crippen molar-refractivity contribution >= 4 is 5.96 Å². The average Bonchev–Trinajstić information content (AvgIpc) is 3.09. The van der Waals surface area contributed by atoms with Crippen molar-refractivity contribution in [3.8, 4) is 0 Å². The molecule has 3 rings (SSSR count). The van der Waals surface area contributed by atoms with E-state index >= 15 is 0 Å². The Balaban J connectivity index is 1.51. The topological polar surface area (TPSA) is 45.7 Å². The largest absolute Gasteiger partial charge is 0.373 e. The second kappa shape index (κ2) is 8.34. The van der Waals surface area contributed by atoms with E-state index < -0.39 is 0 Å². The molecule has 0 aromatic heterocycles. The summed E-state index contributed by atoms with van der Waals surface area (Å²) >= 11 is 0. The maximum Gasteiger partial charge on any atom is 0.191 e. The molecule has 1 heterocycles. The van der Waals surface area contributed by atoms with Crippen LogP contribution in [0.1, 0.15) is 50.2 Å². The number of nitrogens with zero attached hydrogens (tertiary/aromatic N) is 1. The first-order chi connectivity index (χ1) is 11.4. The minimum atomic E-state index is 0.205. The van der Waals surface area contributed by atoms with Gasteiger partial charge >= 0.3 is 0 Å². The smallest absolute Gasteiger partial charge is 0.191 e.